The van der Waals surface area contributed by atoms with Crippen LogP contribution < -0.4 is 0 Å². The first-order valence-electron chi connectivity index (χ1n) is 4.96. The highest BCUT2D eigenvalue weighted by Crippen LogP contribution is 2.46. The van der Waals surface area contributed by atoms with Crippen LogP contribution in [-0.4, -0.2) is 30.2 Å². The Morgan fingerprint density at radius 3 is 2.69 bits per heavy atom. The Morgan fingerprint density at radius 1 is 1.31 bits per heavy atom. The fourth-order valence-electron chi connectivity index (χ4n) is 2.60. The zero-order valence-electron chi connectivity index (χ0n) is 7.58. The van der Waals surface area contributed by atoms with E-state index in [1.54, 1.807) is 0 Å². The first-order chi connectivity index (χ1) is 6.29. The van der Waals surface area contributed by atoms with Crippen molar-refractivity contribution >= 4 is 0 Å². The summed E-state index contributed by atoms with van der Waals surface area (Å²) < 4.78 is 11.3. The summed E-state index contributed by atoms with van der Waals surface area (Å²) in [6.45, 7) is 1.45. The monoisotopic (exact) mass is 182 g/mol. The molecule has 72 valence electrons. The number of hydrogen-bond donors (Lipinski definition) is 1. The second-order valence-corrected chi connectivity index (χ2v) is 4.13. The minimum atomic E-state index is -0.307. The van der Waals surface area contributed by atoms with Gasteiger partial charge in [0, 0.05) is 12.8 Å². The number of ether oxygens (including phenoxy) is 2. The van der Waals surface area contributed by atoms with Crippen LogP contribution >= 0.6 is 0 Å². The van der Waals surface area contributed by atoms with Crippen LogP contribution in [0.15, 0.2) is 11.1 Å². The van der Waals surface area contributed by atoms with Crippen molar-refractivity contribution in [3.05, 3.63) is 11.1 Å². The van der Waals surface area contributed by atoms with Crippen LogP contribution in [0.25, 0.3) is 0 Å². The number of aliphatic hydroxyl groups is 1. The van der Waals surface area contributed by atoms with Crippen molar-refractivity contribution < 1.29 is 14.6 Å². The highest BCUT2D eigenvalue weighted by Gasteiger charge is 2.44. The highest BCUT2D eigenvalue weighted by atomic mass is 16.7. The first-order valence-corrected chi connectivity index (χ1v) is 4.96. The average molecular weight is 182 g/mol. The summed E-state index contributed by atoms with van der Waals surface area (Å²) in [6.07, 6.45) is 3.44. The standard InChI is InChI=1S/C10H14O3/c11-9-5-7-6-10(2-1-8(7)9)12-3-4-13-10/h9,11H,1-6H2/t9-/m1/s1. The summed E-state index contributed by atoms with van der Waals surface area (Å²) in [5.74, 6) is -0.307. The van der Waals surface area contributed by atoms with Crippen LogP contribution in [0.5, 0.6) is 0 Å². The SMILES string of the molecule is O[C@@H]1CC2=C1CCC1(C2)OCCO1. The van der Waals surface area contributed by atoms with Crippen molar-refractivity contribution in [2.75, 3.05) is 13.2 Å². The van der Waals surface area contributed by atoms with E-state index in [1.807, 2.05) is 0 Å². The minimum absolute atomic E-state index is 0.159. The second-order valence-electron chi connectivity index (χ2n) is 4.13. The molecule has 0 aromatic carbocycles. The van der Waals surface area contributed by atoms with Gasteiger partial charge in [-0.05, 0) is 18.4 Å². The Morgan fingerprint density at radius 2 is 2.08 bits per heavy atom. The topological polar surface area (TPSA) is 38.7 Å². The Hall–Kier alpha value is -0.380. The molecule has 1 aliphatic heterocycles. The molecule has 0 saturated carbocycles. The molecule has 0 aromatic heterocycles. The van der Waals surface area contributed by atoms with Crippen LogP contribution in [0.1, 0.15) is 25.7 Å². The summed E-state index contributed by atoms with van der Waals surface area (Å²) in [6, 6.07) is 0. The molecule has 1 saturated heterocycles. The summed E-state index contributed by atoms with van der Waals surface area (Å²) in [4.78, 5) is 0. The molecule has 1 spiro atoms. The Bertz CT molecular complexity index is 263. The van der Waals surface area contributed by atoms with E-state index in [1.165, 1.54) is 11.1 Å². The smallest absolute Gasteiger partial charge is 0.172 e. The maximum Gasteiger partial charge on any atom is 0.172 e. The number of rotatable bonds is 0. The second kappa shape index (κ2) is 2.56. The zero-order valence-corrected chi connectivity index (χ0v) is 7.58. The van der Waals surface area contributed by atoms with Crippen LogP contribution in [0, 0.1) is 0 Å². The van der Waals surface area contributed by atoms with Gasteiger partial charge in [0.2, 0.25) is 0 Å². The van der Waals surface area contributed by atoms with Crippen molar-refractivity contribution in [3.8, 4) is 0 Å². The molecule has 13 heavy (non-hydrogen) atoms. The lowest BCUT2D eigenvalue weighted by molar-refractivity contribution is -0.167. The van der Waals surface area contributed by atoms with E-state index < -0.39 is 0 Å². The molecule has 3 heteroatoms. The third-order valence-corrected chi connectivity index (χ3v) is 3.37. The van der Waals surface area contributed by atoms with Gasteiger partial charge in [-0.2, -0.15) is 0 Å². The lowest BCUT2D eigenvalue weighted by Gasteiger charge is -2.41. The molecule has 0 amide bonds. The number of aliphatic hydroxyl groups excluding tert-OH is 1. The normalized spacial score (nSPS) is 36.2. The lowest BCUT2D eigenvalue weighted by Crippen LogP contribution is -2.40. The molecule has 0 unspecified atom stereocenters. The van der Waals surface area contributed by atoms with Gasteiger partial charge >= 0.3 is 0 Å². The third kappa shape index (κ3) is 1.08. The van der Waals surface area contributed by atoms with Crippen molar-refractivity contribution in [2.45, 2.75) is 37.6 Å². The Labute approximate surface area is 77.3 Å². The largest absolute Gasteiger partial charge is 0.388 e. The van der Waals surface area contributed by atoms with Gasteiger partial charge in [0.15, 0.2) is 5.79 Å². The molecular formula is C10H14O3. The molecule has 0 radical (unpaired) electrons. The highest BCUT2D eigenvalue weighted by molar-refractivity contribution is 5.33. The Kier molecular flexibility index (Phi) is 1.57. The molecule has 1 atom stereocenters. The van der Waals surface area contributed by atoms with E-state index in [4.69, 9.17) is 9.47 Å². The average Bonchev–Trinajstić information content (AvgIpc) is 2.52. The predicted molar refractivity (Wildman–Crippen MR) is 46.1 cm³/mol. The van der Waals surface area contributed by atoms with E-state index in [2.05, 4.69) is 0 Å². The predicted octanol–water partition coefficient (Wildman–Crippen LogP) is 0.975. The van der Waals surface area contributed by atoms with Crippen LogP contribution in [0.2, 0.25) is 0 Å². The Balaban J connectivity index is 1.81. The molecular weight excluding hydrogens is 168 g/mol. The van der Waals surface area contributed by atoms with E-state index >= 15 is 0 Å². The van der Waals surface area contributed by atoms with Gasteiger partial charge in [-0.15, -0.1) is 0 Å². The van der Waals surface area contributed by atoms with Crippen molar-refractivity contribution in [3.63, 3.8) is 0 Å². The van der Waals surface area contributed by atoms with E-state index in [9.17, 15) is 5.11 Å². The van der Waals surface area contributed by atoms with E-state index in [-0.39, 0.29) is 11.9 Å². The van der Waals surface area contributed by atoms with E-state index in [0.717, 1.165) is 38.9 Å². The van der Waals surface area contributed by atoms with Gasteiger partial charge in [0.1, 0.15) is 0 Å². The first kappa shape index (κ1) is 7.97. The van der Waals surface area contributed by atoms with Crippen molar-refractivity contribution in [1.29, 1.82) is 0 Å². The maximum atomic E-state index is 9.43. The number of hydrogen-bond acceptors (Lipinski definition) is 3. The van der Waals surface area contributed by atoms with Gasteiger partial charge in [-0.25, -0.2) is 0 Å². The fourth-order valence-corrected chi connectivity index (χ4v) is 2.60. The van der Waals surface area contributed by atoms with Crippen LogP contribution in [0.4, 0.5) is 0 Å². The summed E-state index contributed by atoms with van der Waals surface area (Å²) in [5, 5.41) is 9.43. The van der Waals surface area contributed by atoms with Crippen LogP contribution in [-0.2, 0) is 9.47 Å². The zero-order chi connectivity index (χ0) is 8.89. The molecule has 3 aliphatic rings. The maximum absolute atomic E-state index is 9.43. The summed E-state index contributed by atoms with van der Waals surface area (Å²) in [5.41, 5.74) is 2.63. The van der Waals surface area contributed by atoms with Gasteiger partial charge in [0.25, 0.3) is 0 Å². The van der Waals surface area contributed by atoms with Crippen molar-refractivity contribution in [1.82, 2.24) is 0 Å². The quantitative estimate of drug-likeness (QED) is 0.567. The molecule has 3 nitrogen and oxygen atoms in total. The molecule has 0 bridgehead atoms. The van der Waals surface area contributed by atoms with Crippen molar-refractivity contribution in [2.24, 2.45) is 0 Å². The third-order valence-electron chi connectivity index (χ3n) is 3.37. The molecule has 1 heterocycles. The van der Waals surface area contributed by atoms with Gasteiger partial charge in [-0.3, -0.25) is 0 Å². The lowest BCUT2D eigenvalue weighted by atomic mass is 9.74. The van der Waals surface area contributed by atoms with Crippen LogP contribution in [0.3, 0.4) is 0 Å². The van der Waals surface area contributed by atoms with Gasteiger partial charge in [0.05, 0.1) is 19.3 Å². The minimum Gasteiger partial charge on any atom is -0.388 e. The summed E-state index contributed by atoms with van der Waals surface area (Å²) in [7, 11) is 0. The van der Waals surface area contributed by atoms with E-state index in [0.29, 0.717) is 0 Å². The molecule has 0 aromatic rings. The molecule has 1 N–H and O–H groups in total. The molecule has 3 rings (SSSR count). The summed E-state index contributed by atoms with van der Waals surface area (Å²) >= 11 is 0. The fraction of sp³-hybridized carbons (Fsp3) is 0.800. The molecule has 1 fully saturated rings. The molecule has 2 aliphatic carbocycles. The van der Waals surface area contributed by atoms with Gasteiger partial charge < -0.3 is 14.6 Å². The van der Waals surface area contributed by atoms with Gasteiger partial charge in [-0.1, -0.05) is 5.57 Å².